The molecule has 1 N–H and O–H groups in total. The SMILES string of the molecule is Cc1ccccc1-n1cc(CNc2nncc(-c3cc4ccccc4o3)n2)cn1. The third-order valence-corrected chi connectivity index (χ3v) is 4.69. The lowest BCUT2D eigenvalue weighted by Crippen LogP contribution is -2.04. The molecule has 0 radical (unpaired) electrons. The van der Waals surface area contributed by atoms with Crippen molar-refractivity contribution in [2.45, 2.75) is 13.5 Å². The minimum absolute atomic E-state index is 0.437. The van der Waals surface area contributed by atoms with E-state index in [1.807, 2.05) is 65.6 Å². The Morgan fingerprint density at radius 2 is 1.90 bits per heavy atom. The molecule has 142 valence electrons. The molecule has 0 aliphatic rings. The maximum absolute atomic E-state index is 5.86. The molecule has 0 spiro atoms. The third-order valence-electron chi connectivity index (χ3n) is 4.69. The zero-order chi connectivity index (χ0) is 19.6. The highest BCUT2D eigenvalue weighted by molar-refractivity contribution is 5.82. The number of hydrogen-bond acceptors (Lipinski definition) is 6. The maximum atomic E-state index is 5.86. The van der Waals surface area contributed by atoms with Gasteiger partial charge in [0.15, 0.2) is 5.76 Å². The summed E-state index contributed by atoms with van der Waals surface area (Å²) in [5.41, 5.74) is 4.70. The van der Waals surface area contributed by atoms with E-state index in [0.717, 1.165) is 22.2 Å². The Labute approximate surface area is 167 Å². The number of furan rings is 1. The smallest absolute Gasteiger partial charge is 0.243 e. The number of aromatic nitrogens is 5. The first-order chi connectivity index (χ1) is 14.3. The fourth-order valence-corrected chi connectivity index (χ4v) is 3.19. The quantitative estimate of drug-likeness (QED) is 0.485. The van der Waals surface area contributed by atoms with Gasteiger partial charge in [0.2, 0.25) is 5.95 Å². The topological polar surface area (TPSA) is 81.7 Å². The summed E-state index contributed by atoms with van der Waals surface area (Å²) in [7, 11) is 0. The molecule has 0 saturated carbocycles. The van der Waals surface area contributed by atoms with E-state index in [2.05, 4.69) is 38.6 Å². The van der Waals surface area contributed by atoms with Crippen LogP contribution in [0.5, 0.6) is 0 Å². The minimum atomic E-state index is 0.437. The number of para-hydroxylation sites is 2. The van der Waals surface area contributed by atoms with Gasteiger partial charge in [-0.15, -0.1) is 5.10 Å². The second-order valence-electron chi connectivity index (χ2n) is 6.75. The third kappa shape index (κ3) is 3.45. The zero-order valence-corrected chi connectivity index (χ0v) is 15.8. The van der Waals surface area contributed by atoms with Crippen LogP contribution in [0.15, 0.2) is 77.6 Å². The van der Waals surface area contributed by atoms with Crippen molar-refractivity contribution < 1.29 is 4.42 Å². The molecule has 0 aliphatic heterocycles. The van der Waals surface area contributed by atoms with Gasteiger partial charge in [0.1, 0.15) is 11.3 Å². The summed E-state index contributed by atoms with van der Waals surface area (Å²) in [4.78, 5) is 4.53. The maximum Gasteiger partial charge on any atom is 0.243 e. The molecule has 7 heteroatoms. The second kappa shape index (κ2) is 7.20. The van der Waals surface area contributed by atoms with Crippen molar-refractivity contribution in [3.05, 3.63) is 84.3 Å². The molecule has 0 fully saturated rings. The molecule has 0 bridgehead atoms. The van der Waals surface area contributed by atoms with Crippen molar-refractivity contribution >= 4 is 16.9 Å². The van der Waals surface area contributed by atoms with Gasteiger partial charge >= 0.3 is 0 Å². The van der Waals surface area contributed by atoms with E-state index in [1.54, 1.807) is 6.20 Å². The molecule has 7 nitrogen and oxygen atoms in total. The molecule has 0 aliphatic carbocycles. The monoisotopic (exact) mass is 382 g/mol. The Kier molecular flexibility index (Phi) is 4.25. The molecule has 2 aromatic carbocycles. The average molecular weight is 382 g/mol. The standard InChI is InChI=1S/C22H18N6O/c1-15-6-2-4-8-19(15)28-14-16(12-25-28)11-23-22-26-18(13-24-27-22)21-10-17-7-3-5-9-20(17)29-21/h2-10,12-14H,11H2,1H3,(H,23,26,27). The van der Waals surface area contributed by atoms with E-state index in [4.69, 9.17) is 4.42 Å². The van der Waals surface area contributed by atoms with Gasteiger partial charge in [-0.25, -0.2) is 9.67 Å². The predicted molar refractivity (Wildman–Crippen MR) is 111 cm³/mol. The first kappa shape index (κ1) is 17.1. The van der Waals surface area contributed by atoms with Crippen LogP contribution in [-0.4, -0.2) is 25.0 Å². The molecule has 0 amide bonds. The molecule has 3 aromatic heterocycles. The van der Waals surface area contributed by atoms with Gasteiger partial charge in [0.25, 0.3) is 0 Å². The van der Waals surface area contributed by atoms with E-state index >= 15 is 0 Å². The van der Waals surface area contributed by atoms with Crippen LogP contribution in [0, 0.1) is 6.92 Å². The fraction of sp³-hybridized carbons (Fsp3) is 0.0909. The molecule has 29 heavy (non-hydrogen) atoms. The number of aryl methyl sites for hydroxylation is 1. The molecule has 3 heterocycles. The summed E-state index contributed by atoms with van der Waals surface area (Å²) < 4.78 is 7.74. The van der Waals surface area contributed by atoms with Crippen LogP contribution in [0.1, 0.15) is 11.1 Å². The van der Waals surface area contributed by atoms with Gasteiger partial charge in [0.05, 0.1) is 18.1 Å². The summed E-state index contributed by atoms with van der Waals surface area (Å²) in [5.74, 6) is 1.10. The largest absolute Gasteiger partial charge is 0.454 e. The van der Waals surface area contributed by atoms with Gasteiger partial charge in [-0.05, 0) is 30.7 Å². The number of nitrogens with zero attached hydrogens (tertiary/aromatic N) is 5. The number of benzene rings is 2. The van der Waals surface area contributed by atoms with E-state index in [-0.39, 0.29) is 0 Å². The molecule has 5 aromatic rings. The van der Waals surface area contributed by atoms with Gasteiger partial charge in [-0.1, -0.05) is 36.4 Å². The van der Waals surface area contributed by atoms with Crippen molar-refractivity contribution in [2.75, 3.05) is 5.32 Å². The number of fused-ring (bicyclic) bond motifs is 1. The van der Waals surface area contributed by atoms with Crippen molar-refractivity contribution in [1.82, 2.24) is 25.0 Å². The van der Waals surface area contributed by atoms with Crippen LogP contribution in [0.3, 0.4) is 0 Å². The number of anilines is 1. The van der Waals surface area contributed by atoms with Crippen LogP contribution in [0.2, 0.25) is 0 Å². The van der Waals surface area contributed by atoms with E-state index in [0.29, 0.717) is 23.9 Å². The normalized spacial score (nSPS) is 11.1. The summed E-state index contributed by atoms with van der Waals surface area (Å²) in [6.07, 6.45) is 5.42. The molecular formula is C22H18N6O. The highest BCUT2D eigenvalue weighted by Gasteiger charge is 2.10. The fourth-order valence-electron chi connectivity index (χ4n) is 3.19. The van der Waals surface area contributed by atoms with E-state index in [1.165, 1.54) is 5.56 Å². The molecule has 0 atom stereocenters. The van der Waals surface area contributed by atoms with E-state index in [9.17, 15) is 0 Å². The predicted octanol–water partition coefficient (Wildman–Crippen LogP) is 4.39. The Morgan fingerprint density at radius 3 is 2.79 bits per heavy atom. The Bertz CT molecular complexity index is 1260. The van der Waals surface area contributed by atoms with Crippen LogP contribution >= 0.6 is 0 Å². The van der Waals surface area contributed by atoms with Crippen LogP contribution in [-0.2, 0) is 6.54 Å². The summed E-state index contributed by atoms with van der Waals surface area (Å²) >= 11 is 0. The molecule has 0 saturated heterocycles. The highest BCUT2D eigenvalue weighted by atomic mass is 16.3. The van der Waals surface area contributed by atoms with Gasteiger partial charge < -0.3 is 9.73 Å². The van der Waals surface area contributed by atoms with E-state index < -0.39 is 0 Å². The van der Waals surface area contributed by atoms with Gasteiger partial charge in [-0.2, -0.15) is 10.2 Å². The van der Waals surface area contributed by atoms with Crippen molar-refractivity contribution in [1.29, 1.82) is 0 Å². The second-order valence-corrected chi connectivity index (χ2v) is 6.75. The molecule has 5 rings (SSSR count). The number of nitrogens with one attached hydrogen (secondary N) is 1. The summed E-state index contributed by atoms with van der Waals surface area (Å²) in [6.45, 7) is 2.61. The van der Waals surface area contributed by atoms with Crippen molar-refractivity contribution in [2.24, 2.45) is 0 Å². The lowest BCUT2D eigenvalue weighted by atomic mass is 10.2. The summed E-state index contributed by atoms with van der Waals surface area (Å²) in [5, 5.41) is 16.8. The van der Waals surface area contributed by atoms with Crippen molar-refractivity contribution in [3.8, 4) is 17.1 Å². The molecular weight excluding hydrogens is 364 g/mol. The first-order valence-corrected chi connectivity index (χ1v) is 9.28. The average Bonchev–Trinajstić information content (AvgIpc) is 3.40. The zero-order valence-electron chi connectivity index (χ0n) is 15.8. The highest BCUT2D eigenvalue weighted by Crippen LogP contribution is 2.26. The van der Waals surface area contributed by atoms with Crippen molar-refractivity contribution in [3.63, 3.8) is 0 Å². The summed E-state index contributed by atoms with van der Waals surface area (Å²) in [6, 6.07) is 17.9. The Hall–Kier alpha value is -4.00. The molecule has 0 unspecified atom stereocenters. The number of rotatable bonds is 5. The minimum Gasteiger partial charge on any atom is -0.454 e. The lowest BCUT2D eigenvalue weighted by molar-refractivity contribution is 0.627. The first-order valence-electron chi connectivity index (χ1n) is 9.28. The van der Waals surface area contributed by atoms with Crippen LogP contribution < -0.4 is 5.32 Å². The van der Waals surface area contributed by atoms with Crippen LogP contribution in [0.4, 0.5) is 5.95 Å². The van der Waals surface area contributed by atoms with Gasteiger partial charge in [-0.3, -0.25) is 0 Å². The van der Waals surface area contributed by atoms with Gasteiger partial charge in [0, 0.05) is 23.7 Å². The van der Waals surface area contributed by atoms with Crippen LogP contribution in [0.25, 0.3) is 28.1 Å². The Morgan fingerprint density at radius 1 is 1.03 bits per heavy atom. The number of hydrogen-bond donors (Lipinski definition) is 1. The Balaban J connectivity index is 1.33. The lowest BCUT2D eigenvalue weighted by Gasteiger charge is -2.05.